The molecule has 0 saturated carbocycles. The summed E-state index contributed by atoms with van der Waals surface area (Å²) in [6, 6.07) is 22.2. The van der Waals surface area contributed by atoms with Crippen molar-refractivity contribution in [3.05, 3.63) is 94.6 Å². The van der Waals surface area contributed by atoms with Gasteiger partial charge < -0.3 is 14.3 Å². The molecule has 29 heavy (non-hydrogen) atoms. The topological polar surface area (TPSA) is 76.7 Å². The zero-order valence-electron chi connectivity index (χ0n) is 15.7. The maximum Gasteiger partial charge on any atom is 0.202 e. The van der Waals surface area contributed by atoms with E-state index in [4.69, 9.17) is 9.15 Å². The van der Waals surface area contributed by atoms with Crippen LogP contribution in [-0.4, -0.2) is 17.0 Å². The zero-order valence-corrected chi connectivity index (χ0v) is 15.7. The zero-order chi connectivity index (χ0) is 20.4. The highest BCUT2D eigenvalue weighted by Crippen LogP contribution is 2.31. The summed E-state index contributed by atoms with van der Waals surface area (Å²) in [5.41, 5.74) is 1.10. The van der Waals surface area contributed by atoms with Gasteiger partial charge in [-0.05, 0) is 6.92 Å². The van der Waals surface area contributed by atoms with E-state index in [1.165, 1.54) is 18.2 Å². The molecule has 1 N–H and O–H groups in total. The van der Waals surface area contributed by atoms with Crippen molar-refractivity contribution < 1.29 is 19.1 Å². The summed E-state index contributed by atoms with van der Waals surface area (Å²) in [7, 11) is 0. The van der Waals surface area contributed by atoms with Gasteiger partial charge >= 0.3 is 0 Å². The van der Waals surface area contributed by atoms with E-state index in [1.54, 1.807) is 31.2 Å². The molecule has 0 spiro atoms. The van der Waals surface area contributed by atoms with Crippen LogP contribution in [0.3, 0.4) is 0 Å². The molecule has 3 aromatic carbocycles. The molecule has 1 heterocycles. The van der Waals surface area contributed by atoms with Gasteiger partial charge in [-0.25, -0.2) is 0 Å². The minimum atomic E-state index is -0.779. The van der Waals surface area contributed by atoms with Gasteiger partial charge in [-0.3, -0.25) is 9.59 Å². The number of benzene rings is 3. The van der Waals surface area contributed by atoms with Crippen molar-refractivity contribution in [1.29, 1.82) is 0 Å². The number of aromatic hydroxyl groups is 1. The van der Waals surface area contributed by atoms with E-state index >= 15 is 0 Å². The molecule has 0 aliphatic carbocycles. The largest absolute Gasteiger partial charge is 0.507 e. The summed E-state index contributed by atoms with van der Waals surface area (Å²) < 4.78 is 11.6. The predicted molar refractivity (Wildman–Crippen MR) is 110 cm³/mol. The van der Waals surface area contributed by atoms with Crippen molar-refractivity contribution in [2.75, 3.05) is 0 Å². The number of phenols is 1. The number of carbonyl (C=O) groups excluding carboxylic acids is 1. The highest BCUT2D eigenvalue weighted by molar-refractivity contribution is 5.99. The number of ketones is 1. The van der Waals surface area contributed by atoms with E-state index in [1.807, 2.05) is 36.4 Å². The Morgan fingerprint density at radius 2 is 1.62 bits per heavy atom. The molecule has 0 aliphatic heterocycles. The maximum absolute atomic E-state index is 12.5. The summed E-state index contributed by atoms with van der Waals surface area (Å²) in [5, 5.41) is 10.4. The fourth-order valence-electron chi connectivity index (χ4n) is 3.15. The minimum absolute atomic E-state index is 0.0686. The second kappa shape index (κ2) is 7.64. The lowest BCUT2D eigenvalue weighted by Crippen LogP contribution is -2.23. The Balaban J connectivity index is 1.71. The normalized spacial score (nSPS) is 11.9. The van der Waals surface area contributed by atoms with Crippen LogP contribution < -0.4 is 10.2 Å². The molecule has 4 aromatic rings. The van der Waals surface area contributed by atoms with Gasteiger partial charge in [-0.1, -0.05) is 60.7 Å². The van der Waals surface area contributed by atoms with Crippen molar-refractivity contribution in [3.8, 4) is 22.8 Å². The van der Waals surface area contributed by atoms with E-state index in [2.05, 4.69) is 0 Å². The number of rotatable bonds is 5. The second-order valence-electron chi connectivity index (χ2n) is 6.65. The summed E-state index contributed by atoms with van der Waals surface area (Å²) in [5.74, 6) is 0.170. The van der Waals surface area contributed by atoms with Crippen LogP contribution in [0.25, 0.3) is 22.3 Å². The average molecular weight is 386 g/mol. The van der Waals surface area contributed by atoms with Gasteiger partial charge in [-0.15, -0.1) is 0 Å². The maximum atomic E-state index is 12.5. The van der Waals surface area contributed by atoms with Gasteiger partial charge in [0.15, 0.2) is 11.5 Å². The Labute approximate surface area is 166 Å². The number of hydrogen-bond acceptors (Lipinski definition) is 5. The van der Waals surface area contributed by atoms with Gasteiger partial charge in [0.1, 0.15) is 28.2 Å². The molecule has 0 bridgehead atoms. The van der Waals surface area contributed by atoms with E-state index in [9.17, 15) is 14.7 Å². The first-order valence-electron chi connectivity index (χ1n) is 9.15. The Hall–Kier alpha value is -3.86. The molecule has 1 aromatic heterocycles. The van der Waals surface area contributed by atoms with Crippen LogP contribution in [0.2, 0.25) is 0 Å². The van der Waals surface area contributed by atoms with Gasteiger partial charge in [0, 0.05) is 29.3 Å². The Morgan fingerprint density at radius 1 is 0.966 bits per heavy atom. The van der Waals surface area contributed by atoms with E-state index in [0.29, 0.717) is 11.3 Å². The first kappa shape index (κ1) is 18.5. The molecule has 0 unspecified atom stereocenters. The Morgan fingerprint density at radius 3 is 2.31 bits per heavy atom. The molecule has 4 rings (SSSR count). The minimum Gasteiger partial charge on any atom is -0.507 e. The lowest BCUT2D eigenvalue weighted by Gasteiger charge is -2.15. The Kier molecular flexibility index (Phi) is 4.87. The number of hydrogen-bond donors (Lipinski definition) is 1. The lowest BCUT2D eigenvalue weighted by atomic mass is 10.1. The SMILES string of the molecule is C[C@@H](Oc1cc(O)c2c(=O)cc(-c3ccccc3)oc2c1)C(=O)c1ccccc1. The molecule has 1 atom stereocenters. The number of fused-ring (bicyclic) bond motifs is 1. The van der Waals surface area contributed by atoms with Crippen LogP contribution in [0.1, 0.15) is 17.3 Å². The fraction of sp³-hybridized carbons (Fsp3) is 0.0833. The monoisotopic (exact) mass is 386 g/mol. The number of carbonyl (C=O) groups is 1. The first-order chi connectivity index (χ1) is 14.0. The molecule has 5 nitrogen and oxygen atoms in total. The van der Waals surface area contributed by atoms with Gasteiger partial charge in [0.2, 0.25) is 5.78 Å². The number of phenolic OH excluding ortho intramolecular Hbond substituents is 1. The molecular weight excluding hydrogens is 368 g/mol. The number of ether oxygens (including phenoxy) is 1. The summed E-state index contributed by atoms with van der Waals surface area (Å²) in [6.45, 7) is 1.63. The molecule has 0 fully saturated rings. The molecule has 144 valence electrons. The van der Waals surface area contributed by atoms with Crippen LogP contribution in [0.5, 0.6) is 11.5 Å². The third-order valence-corrected chi connectivity index (χ3v) is 4.58. The third kappa shape index (κ3) is 3.75. The van der Waals surface area contributed by atoms with E-state index in [0.717, 1.165) is 5.56 Å². The fourth-order valence-corrected chi connectivity index (χ4v) is 3.15. The molecule has 0 amide bonds. The number of Topliss-reactive ketones (excluding diaryl/α,β-unsaturated/α-hetero) is 1. The summed E-state index contributed by atoms with van der Waals surface area (Å²) in [4.78, 5) is 25.0. The highest BCUT2D eigenvalue weighted by Gasteiger charge is 2.19. The van der Waals surface area contributed by atoms with Crippen LogP contribution in [0.4, 0.5) is 0 Å². The lowest BCUT2D eigenvalue weighted by molar-refractivity contribution is 0.0817. The molecule has 0 radical (unpaired) electrons. The van der Waals surface area contributed by atoms with Crippen LogP contribution in [0.15, 0.2) is 88.1 Å². The van der Waals surface area contributed by atoms with Crippen molar-refractivity contribution >= 4 is 16.8 Å². The van der Waals surface area contributed by atoms with Crippen LogP contribution >= 0.6 is 0 Å². The molecular formula is C24H18O5. The van der Waals surface area contributed by atoms with Gasteiger partial charge in [0.05, 0.1) is 0 Å². The van der Waals surface area contributed by atoms with Crippen molar-refractivity contribution in [3.63, 3.8) is 0 Å². The van der Waals surface area contributed by atoms with Crippen LogP contribution in [0, 0.1) is 0 Å². The average Bonchev–Trinajstić information content (AvgIpc) is 2.73. The summed E-state index contributed by atoms with van der Waals surface area (Å²) >= 11 is 0. The van der Waals surface area contributed by atoms with E-state index in [-0.39, 0.29) is 33.7 Å². The smallest absolute Gasteiger partial charge is 0.202 e. The second-order valence-corrected chi connectivity index (χ2v) is 6.65. The van der Waals surface area contributed by atoms with Gasteiger partial charge in [-0.2, -0.15) is 0 Å². The van der Waals surface area contributed by atoms with E-state index < -0.39 is 6.10 Å². The van der Waals surface area contributed by atoms with Crippen LogP contribution in [-0.2, 0) is 0 Å². The highest BCUT2D eigenvalue weighted by atomic mass is 16.5. The Bertz CT molecular complexity index is 1230. The standard InChI is InChI=1S/C24H18O5/c1-15(24(27)17-10-6-3-7-11-17)28-18-12-19(25)23-20(26)14-21(29-22(23)13-18)16-8-4-2-5-9-16/h2-15,25H,1H3/t15-/m1/s1. The van der Waals surface area contributed by atoms with Crippen molar-refractivity contribution in [1.82, 2.24) is 0 Å². The van der Waals surface area contributed by atoms with Crippen molar-refractivity contribution in [2.45, 2.75) is 13.0 Å². The van der Waals surface area contributed by atoms with Gasteiger partial charge in [0.25, 0.3) is 0 Å². The summed E-state index contributed by atoms with van der Waals surface area (Å²) in [6.07, 6.45) is -0.779. The quantitative estimate of drug-likeness (QED) is 0.498. The molecule has 0 saturated heterocycles. The molecule has 5 heteroatoms. The predicted octanol–water partition coefficient (Wildman–Crippen LogP) is 4.82. The van der Waals surface area contributed by atoms with Crippen molar-refractivity contribution in [2.24, 2.45) is 0 Å². The third-order valence-electron chi connectivity index (χ3n) is 4.58. The molecule has 0 aliphatic rings. The first-order valence-corrected chi connectivity index (χ1v) is 9.15.